The Morgan fingerprint density at radius 2 is 1.95 bits per heavy atom. The lowest BCUT2D eigenvalue weighted by molar-refractivity contribution is 0.160. The van der Waals surface area contributed by atoms with Crippen LogP contribution in [0.25, 0.3) is 0 Å². The van der Waals surface area contributed by atoms with E-state index in [2.05, 4.69) is 18.7 Å². The Morgan fingerprint density at radius 1 is 1.30 bits per heavy atom. The number of aliphatic hydroxyl groups is 1. The first-order chi connectivity index (χ1) is 9.54. The van der Waals surface area contributed by atoms with Crippen LogP contribution in [0.2, 0.25) is 0 Å². The van der Waals surface area contributed by atoms with Gasteiger partial charge in [-0.2, -0.15) is 0 Å². The van der Waals surface area contributed by atoms with Gasteiger partial charge in [0.15, 0.2) is 0 Å². The molecule has 0 aliphatic carbocycles. The van der Waals surface area contributed by atoms with Crippen LogP contribution in [0.5, 0.6) is 5.75 Å². The number of ether oxygens (including phenoxy) is 1. The predicted octanol–water partition coefficient (Wildman–Crippen LogP) is 1.79. The predicted molar refractivity (Wildman–Crippen MR) is 86.2 cm³/mol. The molecule has 0 aliphatic heterocycles. The van der Waals surface area contributed by atoms with Crippen molar-refractivity contribution in [1.29, 1.82) is 0 Å². The van der Waals surface area contributed by atoms with Crippen molar-refractivity contribution in [2.75, 3.05) is 26.3 Å². The standard InChI is InChI=1S/C15H24N2O2S/c1-12(2)17(8-3-10-18)9-11-19-14-6-4-13(5-7-14)15(16)20/h4-7,12,18H,3,8-11H2,1-2H3,(H2,16,20). The van der Waals surface area contributed by atoms with Gasteiger partial charge < -0.3 is 15.6 Å². The van der Waals surface area contributed by atoms with Crippen molar-refractivity contribution >= 4 is 17.2 Å². The summed E-state index contributed by atoms with van der Waals surface area (Å²) < 4.78 is 5.71. The van der Waals surface area contributed by atoms with Gasteiger partial charge in [-0.3, -0.25) is 4.90 Å². The summed E-state index contributed by atoms with van der Waals surface area (Å²) in [5.41, 5.74) is 6.39. The fraction of sp³-hybridized carbons (Fsp3) is 0.533. The average molecular weight is 296 g/mol. The second-order valence-corrected chi connectivity index (χ2v) is 5.38. The van der Waals surface area contributed by atoms with Crippen molar-refractivity contribution in [3.8, 4) is 5.75 Å². The maximum atomic E-state index is 8.89. The van der Waals surface area contributed by atoms with Gasteiger partial charge >= 0.3 is 0 Å². The monoisotopic (exact) mass is 296 g/mol. The molecule has 0 aliphatic rings. The first kappa shape index (κ1) is 16.9. The molecule has 0 atom stereocenters. The van der Waals surface area contributed by atoms with E-state index in [4.69, 9.17) is 27.8 Å². The Hall–Kier alpha value is -1.17. The summed E-state index contributed by atoms with van der Waals surface area (Å²) in [6.07, 6.45) is 0.792. The molecule has 1 aromatic rings. The third kappa shape index (κ3) is 5.86. The Morgan fingerprint density at radius 3 is 2.45 bits per heavy atom. The van der Waals surface area contributed by atoms with Gasteiger partial charge in [-0.15, -0.1) is 0 Å². The number of nitrogens with two attached hydrogens (primary N) is 1. The molecule has 0 aromatic heterocycles. The zero-order valence-corrected chi connectivity index (χ0v) is 13.0. The van der Waals surface area contributed by atoms with Crippen molar-refractivity contribution in [3.05, 3.63) is 29.8 Å². The molecule has 0 saturated carbocycles. The highest BCUT2D eigenvalue weighted by Crippen LogP contribution is 2.12. The molecule has 0 radical (unpaired) electrons. The number of rotatable bonds is 9. The number of thiocarbonyl (C=S) groups is 1. The molecule has 4 nitrogen and oxygen atoms in total. The fourth-order valence-corrected chi connectivity index (χ4v) is 2.03. The fourth-order valence-electron chi connectivity index (χ4n) is 1.90. The normalized spacial score (nSPS) is 11.1. The van der Waals surface area contributed by atoms with E-state index in [1.54, 1.807) is 0 Å². The highest BCUT2D eigenvalue weighted by Gasteiger charge is 2.08. The molecular formula is C15H24N2O2S. The van der Waals surface area contributed by atoms with Gasteiger partial charge in [-0.25, -0.2) is 0 Å². The molecule has 0 saturated heterocycles. The molecule has 3 N–H and O–H groups in total. The molecule has 112 valence electrons. The smallest absolute Gasteiger partial charge is 0.119 e. The van der Waals surface area contributed by atoms with Crippen molar-refractivity contribution in [1.82, 2.24) is 4.90 Å². The number of aliphatic hydroxyl groups excluding tert-OH is 1. The van der Waals surface area contributed by atoms with Crippen LogP contribution in [0.15, 0.2) is 24.3 Å². The van der Waals surface area contributed by atoms with Gasteiger partial charge in [0.25, 0.3) is 0 Å². The Kier molecular flexibility index (Phi) is 7.51. The zero-order chi connectivity index (χ0) is 15.0. The molecule has 0 bridgehead atoms. The van der Waals surface area contributed by atoms with Gasteiger partial charge in [0.2, 0.25) is 0 Å². The first-order valence-electron chi connectivity index (χ1n) is 6.92. The van der Waals surface area contributed by atoms with E-state index in [9.17, 15) is 0 Å². The quantitative estimate of drug-likeness (QED) is 0.680. The van der Waals surface area contributed by atoms with E-state index in [-0.39, 0.29) is 6.61 Å². The van der Waals surface area contributed by atoms with Crippen LogP contribution in [-0.2, 0) is 0 Å². The minimum absolute atomic E-state index is 0.227. The minimum Gasteiger partial charge on any atom is -0.492 e. The average Bonchev–Trinajstić information content (AvgIpc) is 2.42. The van der Waals surface area contributed by atoms with Crippen LogP contribution < -0.4 is 10.5 Å². The Balaban J connectivity index is 2.40. The lowest BCUT2D eigenvalue weighted by Crippen LogP contribution is -2.35. The highest BCUT2D eigenvalue weighted by molar-refractivity contribution is 7.80. The van der Waals surface area contributed by atoms with Gasteiger partial charge in [-0.1, -0.05) is 12.2 Å². The lowest BCUT2D eigenvalue weighted by Gasteiger charge is -2.26. The third-order valence-corrected chi connectivity index (χ3v) is 3.36. The van der Waals surface area contributed by atoms with Crippen LogP contribution >= 0.6 is 12.2 Å². The molecule has 1 rings (SSSR count). The summed E-state index contributed by atoms with van der Waals surface area (Å²) >= 11 is 4.91. The number of hydrogen-bond acceptors (Lipinski definition) is 4. The summed E-state index contributed by atoms with van der Waals surface area (Å²) in [7, 11) is 0. The lowest BCUT2D eigenvalue weighted by atomic mass is 10.2. The van der Waals surface area contributed by atoms with Gasteiger partial charge in [-0.05, 0) is 44.5 Å². The molecule has 0 heterocycles. The number of hydrogen-bond donors (Lipinski definition) is 2. The molecule has 1 aromatic carbocycles. The van der Waals surface area contributed by atoms with E-state index < -0.39 is 0 Å². The molecule has 0 fully saturated rings. The van der Waals surface area contributed by atoms with Crippen molar-refractivity contribution in [3.63, 3.8) is 0 Å². The molecule has 0 unspecified atom stereocenters. The summed E-state index contributed by atoms with van der Waals surface area (Å²) in [4.78, 5) is 2.69. The summed E-state index contributed by atoms with van der Waals surface area (Å²) in [6.45, 7) is 6.87. The van der Waals surface area contributed by atoms with E-state index in [0.717, 1.165) is 30.8 Å². The van der Waals surface area contributed by atoms with E-state index in [1.165, 1.54) is 0 Å². The van der Waals surface area contributed by atoms with Crippen LogP contribution in [0.3, 0.4) is 0 Å². The maximum absolute atomic E-state index is 8.89. The second kappa shape index (κ2) is 8.89. The van der Waals surface area contributed by atoms with E-state index in [0.29, 0.717) is 17.6 Å². The Bertz CT molecular complexity index is 407. The summed E-state index contributed by atoms with van der Waals surface area (Å²) in [5, 5.41) is 8.89. The van der Waals surface area contributed by atoms with Gasteiger partial charge in [0, 0.05) is 31.3 Å². The number of nitrogens with zero attached hydrogens (tertiary/aromatic N) is 1. The molecular weight excluding hydrogens is 272 g/mol. The van der Waals surface area contributed by atoms with Crippen LogP contribution in [0, 0.1) is 0 Å². The maximum Gasteiger partial charge on any atom is 0.119 e. The summed E-state index contributed by atoms with van der Waals surface area (Å²) in [5.74, 6) is 0.816. The van der Waals surface area contributed by atoms with Crippen molar-refractivity contribution < 1.29 is 9.84 Å². The largest absolute Gasteiger partial charge is 0.492 e. The first-order valence-corrected chi connectivity index (χ1v) is 7.33. The van der Waals surface area contributed by atoms with Crippen molar-refractivity contribution in [2.24, 2.45) is 5.73 Å². The van der Waals surface area contributed by atoms with Gasteiger partial charge in [0.1, 0.15) is 17.3 Å². The Labute approximate surface area is 126 Å². The van der Waals surface area contributed by atoms with Crippen LogP contribution in [0.1, 0.15) is 25.8 Å². The zero-order valence-electron chi connectivity index (χ0n) is 12.2. The molecule has 20 heavy (non-hydrogen) atoms. The second-order valence-electron chi connectivity index (χ2n) is 4.94. The topological polar surface area (TPSA) is 58.7 Å². The molecule has 0 amide bonds. The van der Waals surface area contributed by atoms with E-state index >= 15 is 0 Å². The van der Waals surface area contributed by atoms with Crippen LogP contribution in [-0.4, -0.2) is 47.3 Å². The summed E-state index contributed by atoms with van der Waals surface area (Å²) in [6, 6.07) is 7.93. The SMILES string of the molecule is CC(C)N(CCCO)CCOc1ccc(C(N)=S)cc1. The number of benzene rings is 1. The third-order valence-electron chi connectivity index (χ3n) is 3.12. The van der Waals surface area contributed by atoms with Crippen molar-refractivity contribution in [2.45, 2.75) is 26.3 Å². The molecule has 0 spiro atoms. The molecule has 5 heteroatoms. The highest BCUT2D eigenvalue weighted by atomic mass is 32.1. The van der Waals surface area contributed by atoms with E-state index in [1.807, 2.05) is 24.3 Å². The minimum atomic E-state index is 0.227. The van der Waals surface area contributed by atoms with Crippen LogP contribution in [0.4, 0.5) is 0 Å². The van der Waals surface area contributed by atoms with Gasteiger partial charge in [0.05, 0.1) is 0 Å².